The Bertz CT molecular complexity index is 721. The van der Waals surface area contributed by atoms with Gasteiger partial charge in [-0.25, -0.2) is 4.79 Å². The summed E-state index contributed by atoms with van der Waals surface area (Å²) in [6.45, 7) is 5.59. The first-order chi connectivity index (χ1) is 10.9. The molecule has 0 aliphatic carbocycles. The Balaban J connectivity index is 2.52. The summed E-state index contributed by atoms with van der Waals surface area (Å²) in [7, 11) is 0. The summed E-state index contributed by atoms with van der Waals surface area (Å²) >= 11 is 6.09. The first-order valence-electron chi connectivity index (χ1n) is 7.45. The Morgan fingerprint density at radius 3 is 2.35 bits per heavy atom. The predicted molar refractivity (Wildman–Crippen MR) is 91.2 cm³/mol. The second kappa shape index (κ2) is 6.97. The highest BCUT2D eigenvalue weighted by Crippen LogP contribution is 2.32. The van der Waals surface area contributed by atoms with Gasteiger partial charge in [0.2, 0.25) is 0 Å². The van der Waals surface area contributed by atoms with Crippen molar-refractivity contribution in [3.05, 3.63) is 70.2 Å². The number of ether oxygens (including phenoxy) is 1. The molecule has 0 saturated heterocycles. The Hall–Kier alpha value is -2.13. The standard InChI is InChI=1S/C19H19ClO3/c1-4-23-18(22)15-11-10-14(20)12-16(15)19(2,3)17(21)13-8-6-5-7-9-13/h5-12H,4H2,1-3H3. The first-order valence-corrected chi connectivity index (χ1v) is 7.82. The maximum absolute atomic E-state index is 12.9. The molecule has 3 nitrogen and oxygen atoms in total. The van der Waals surface area contributed by atoms with E-state index in [2.05, 4.69) is 0 Å². The molecule has 2 aromatic rings. The number of Topliss-reactive ketones (excluding diaryl/α,β-unsaturated/α-hetero) is 1. The van der Waals surface area contributed by atoms with Crippen LogP contribution in [0.25, 0.3) is 0 Å². The topological polar surface area (TPSA) is 43.4 Å². The van der Waals surface area contributed by atoms with Crippen LogP contribution >= 0.6 is 11.6 Å². The Labute approximate surface area is 141 Å². The lowest BCUT2D eigenvalue weighted by atomic mass is 9.76. The van der Waals surface area contributed by atoms with Crippen molar-refractivity contribution in [2.45, 2.75) is 26.2 Å². The number of rotatable bonds is 5. The predicted octanol–water partition coefficient (Wildman–Crippen LogP) is 4.68. The van der Waals surface area contributed by atoms with Gasteiger partial charge in [0.15, 0.2) is 5.78 Å². The van der Waals surface area contributed by atoms with Gasteiger partial charge in [-0.05, 0) is 44.5 Å². The van der Waals surface area contributed by atoms with Crippen molar-refractivity contribution < 1.29 is 14.3 Å². The molecule has 0 radical (unpaired) electrons. The first kappa shape index (κ1) is 17.2. The summed E-state index contributed by atoms with van der Waals surface area (Å²) in [6.07, 6.45) is 0. The van der Waals surface area contributed by atoms with Crippen molar-refractivity contribution >= 4 is 23.4 Å². The third-order valence-electron chi connectivity index (χ3n) is 3.75. The SMILES string of the molecule is CCOC(=O)c1ccc(Cl)cc1C(C)(C)C(=O)c1ccccc1. The molecule has 0 bridgehead atoms. The van der Waals surface area contributed by atoms with Crippen molar-refractivity contribution in [1.82, 2.24) is 0 Å². The smallest absolute Gasteiger partial charge is 0.338 e. The third kappa shape index (κ3) is 3.62. The van der Waals surface area contributed by atoms with Gasteiger partial charge in [0.25, 0.3) is 0 Å². The molecule has 0 amide bonds. The highest BCUT2D eigenvalue weighted by Gasteiger charge is 2.34. The molecule has 120 valence electrons. The summed E-state index contributed by atoms with van der Waals surface area (Å²) in [4.78, 5) is 25.1. The van der Waals surface area contributed by atoms with Gasteiger partial charge < -0.3 is 4.74 Å². The summed E-state index contributed by atoms with van der Waals surface area (Å²) in [6, 6.07) is 13.9. The molecule has 0 aliphatic rings. The third-order valence-corrected chi connectivity index (χ3v) is 3.99. The molecule has 0 heterocycles. The lowest BCUT2D eigenvalue weighted by Gasteiger charge is -2.26. The summed E-state index contributed by atoms with van der Waals surface area (Å²) in [5, 5.41) is 0.474. The van der Waals surface area contributed by atoms with E-state index < -0.39 is 11.4 Å². The van der Waals surface area contributed by atoms with Crippen molar-refractivity contribution in [3.8, 4) is 0 Å². The van der Waals surface area contributed by atoms with Crippen LogP contribution in [0.1, 0.15) is 47.1 Å². The number of esters is 1. The van der Waals surface area contributed by atoms with Crippen molar-refractivity contribution in [3.63, 3.8) is 0 Å². The number of benzene rings is 2. The molecule has 0 unspecified atom stereocenters. The number of hydrogen-bond acceptors (Lipinski definition) is 3. The monoisotopic (exact) mass is 330 g/mol. The highest BCUT2D eigenvalue weighted by atomic mass is 35.5. The van der Waals surface area contributed by atoms with E-state index in [0.717, 1.165) is 0 Å². The van der Waals surface area contributed by atoms with Gasteiger partial charge in [-0.15, -0.1) is 0 Å². The average Bonchev–Trinajstić information content (AvgIpc) is 2.55. The molecule has 0 fully saturated rings. The number of hydrogen-bond donors (Lipinski definition) is 0. The minimum absolute atomic E-state index is 0.0779. The zero-order valence-corrected chi connectivity index (χ0v) is 14.2. The summed E-state index contributed by atoms with van der Waals surface area (Å²) < 4.78 is 5.10. The molecule has 23 heavy (non-hydrogen) atoms. The van der Waals surface area contributed by atoms with Gasteiger partial charge in [-0.1, -0.05) is 41.9 Å². The summed E-state index contributed by atoms with van der Waals surface area (Å²) in [5.41, 5.74) is 0.615. The fourth-order valence-electron chi connectivity index (χ4n) is 2.49. The van der Waals surface area contributed by atoms with Crippen LogP contribution < -0.4 is 0 Å². The highest BCUT2D eigenvalue weighted by molar-refractivity contribution is 6.30. The number of halogens is 1. The van der Waals surface area contributed by atoms with Gasteiger partial charge in [-0.2, -0.15) is 0 Å². The largest absolute Gasteiger partial charge is 0.462 e. The molecule has 0 spiro atoms. The van der Waals surface area contributed by atoms with Crippen molar-refractivity contribution in [2.75, 3.05) is 6.61 Å². The lowest BCUT2D eigenvalue weighted by molar-refractivity contribution is 0.0523. The second-order valence-electron chi connectivity index (χ2n) is 5.73. The van der Waals surface area contributed by atoms with E-state index >= 15 is 0 Å². The van der Waals surface area contributed by atoms with Crippen LogP contribution in [0.5, 0.6) is 0 Å². The van der Waals surface area contributed by atoms with Gasteiger partial charge in [-0.3, -0.25) is 4.79 Å². The molecule has 0 aromatic heterocycles. The van der Waals surface area contributed by atoms with Gasteiger partial charge in [0, 0.05) is 10.6 Å². The van der Waals surface area contributed by atoms with E-state index in [1.165, 1.54) is 0 Å². The molecular formula is C19H19ClO3. The summed E-state index contributed by atoms with van der Waals surface area (Å²) in [5.74, 6) is -0.529. The van der Waals surface area contributed by atoms with Crippen molar-refractivity contribution in [2.24, 2.45) is 0 Å². The normalized spacial score (nSPS) is 11.1. The molecule has 0 N–H and O–H groups in total. The van der Waals surface area contributed by atoms with Crippen LogP contribution in [0.4, 0.5) is 0 Å². The molecule has 0 saturated carbocycles. The van der Waals surface area contributed by atoms with Crippen molar-refractivity contribution in [1.29, 1.82) is 0 Å². The van der Waals surface area contributed by atoms with Gasteiger partial charge in [0.05, 0.1) is 17.6 Å². The fraction of sp³-hybridized carbons (Fsp3) is 0.263. The fourth-order valence-corrected chi connectivity index (χ4v) is 2.67. The average molecular weight is 331 g/mol. The van der Waals surface area contributed by atoms with E-state index in [4.69, 9.17) is 16.3 Å². The van der Waals surface area contributed by atoms with E-state index in [-0.39, 0.29) is 12.4 Å². The van der Waals surface area contributed by atoms with E-state index in [1.54, 1.807) is 51.1 Å². The van der Waals surface area contributed by atoms with Crippen LogP contribution in [0.2, 0.25) is 5.02 Å². The van der Waals surface area contributed by atoms with Crippen LogP contribution in [0.15, 0.2) is 48.5 Å². The Morgan fingerprint density at radius 2 is 1.74 bits per heavy atom. The Kier molecular flexibility index (Phi) is 5.22. The molecule has 4 heteroatoms. The van der Waals surface area contributed by atoms with Crippen LogP contribution in [-0.2, 0) is 10.2 Å². The molecule has 2 rings (SSSR count). The van der Waals surface area contributed by atoms with Crippen LogP contribution in [-0.4, -0.2) is 18.4 Å². The van der Waals surface area contributed by atoms with E-state index in [0.29, 0.717) is 21.7 Å². The maximum Gasteiger partial charge on any atom is 0.338 e. The van der Waals surface area contributed by atoms with E-state index in [9.17, 15) is 9.59 Å². The zero-order valence-electron chi connectivity index (χ0n) is 13.4. The van der Waals surface area contributed by atoms with Crippen LogP contribution in [0.3, 0.4) is 0 Å². The number of carbonyl (C=O) groups is 2. The van der Waals surface area contributed by atoms with Crippen LogP contribution in [0, 0.1) is 0 Å². The number of ketones is 1. The molecule has 2 aromatic carbocycles. The minimum atomic E-state index is -0.908. The molecular weight excluding hydrogens is 312 g/mol. The minimum Gasteiger partial charge on any atom is -0.462 e. The quantitative estimate of drug-likeness (QED) is 0.590. The maximum atomic E-state index is 12.9. The lowest BCUT2D eigenvalue weighted by Crippen LogP contribution is -2.31. The molecule has 0 atom stereocenters. The van der Waals surface area contributed by atoms with Gasteiger partial charge in [0.1, 0.15) is 0 Å². The van der Waals surface area contributed by atoms with Gasteiger partial charge >= 0.3 is 5.97 Å². The second-order valence-corrected chi connectivity index (χ2v) is 6.17. The number of carbonyl (C=O) groups excluding carboxylic acids is 2. The molecule has 0 aliphatic heterocycles. The van der Waals surface area contributed by atoms with E-state index in [1.807, 2.05) is 18.2 Å². The zero-order chi connectivity index (χ0) is 17.0. The Morgan fingerprint density at radius 1 is 1.09 bits per heavy atom.